The van der Waals surface area contributed by atoms with Crippen LogP contribution < -0.4 is 0 Å². The minimum atomic E-state index is -0.820. The SMILES string of the molecule is CC(C)(C)C(=O)C[C@@H](CC1CC1)C(=O)O. The first kappa shape index (κ1) is 12.2. The third-order valence-electron chi connectivity index (χ3n) is 2.93. The van der Waals surface area contributed by atoms with Crippen LogP contribution in [0.2, 0.25) is 0 Å². The Morgan fingerprint density at radius 1 is 1.33 bits per heavy atom. The number of hydrogen-bond acceptors (Lipinski definition) is 2. The van der Waals surface area contributed by atoms with E-state index in [0.29, 0.717) is 12.3 Å². The summed E-state index contributed by atoms with van der Waals surface area (Å²) in [6.45, 7) is 5.52. The Kier molecular flexibility index (Phi) is 3.53. The maximum Gasteiger partial charge on any atom is 0.306 e. The zero-order valence-corrected chi connectivity index (χ0v) is 9.75. The Balaban J connectivity index is 2.50. The molecule has 1 aliphatic rings. The Morgan fingerprint density at radius 3 is 2.20 bits per heavy atom. The van der Waals surface area contributed by atoms with Crippen LogP contribution in [0.5, 0.6) is 0 Å². The molecule has 1 N–H and O–H groups in total. The van der Waals surface area contributed by atoms with Crippen molar-refractivity contribution in [3.8, 4) is 0 Å². The number of ketones is 1. The van der Waals surface area contributed by atoms with Gasteiger partial charge in [0.2, 0.25) is 0 Å². The van der Waals surface area contributed by atoms with Crippen LogP contribution in [0.25, 0.3) is 0 Å². The average Bonchev–Trinajstić information content (AvgIpc) is 2.84. The van der Waals surface area contributed by atoms with E-state index >= 15 is 0 Å². The predicted molar refractivity (Wildman–Crippen MR) is 57.5 cm³/mol. The summed E-state index contributed by atoms with van der Waals surface area (Å²) in [6.07, 6.45) is 3.13. The molecule has 0 saturated heterocycles. The van der Waals surface area contributed by atoms with E-state index in [-0.39, 0.29) is 12.2 Å². The molecule has 0 heterocycles. The molecule has 0 radical (unpaired) electrons. The Labute approximate surface area is 90.9 Å². The van der Waals surface area contributed by atoms with Crippen molar-refractivity contribution in [2.24, 2.45) is 17.3 Å². The standard InChI is InChI=1S/C12H20O3/c1-12(2,3)10(13)7-9(11(14)15)6-8-4-5-8/h8-9H,4-7H2,1-3H3,(H,14,15)/t9-/m1/s1. The van der Waals surface area contributed by atoms with Crippen LogP contribution in [0.1, 0.15) is 46.5 Å². The average molecular weight is 212 g/mol. The smallest absolute Gasteiger partial charge is 0.306 e. The first-order valence-corrected chi connectivity index (χ1v) is 5.57. The van der Waals surface area contributed by atoms with Crippen molar-refractivity contribution in [1.29, 1.82) is 0 Å². The van der Waals surface area contributed by atoms with Gasteiger partial charge in [-0.3, -0.25) is 9.59 Å². The zero-order chi connectivity index (χ0) is 11.6. The molecule has 1 atom stereocenters. The molecule has 0 aliphatic heterocycles. The quantitative estimate of drug-likeness (QED) is 0.761. The van der Waals surface area contributed by atoms with E-state index in [4.69, 9.17) is 5.11 Å². The summed E-state index contributed by atoms with van der Waals surface area (Å²) < 4.78 is 0. The van der Waals surface area contributed by atoms with Gasteiger partial charge in [-0.2, -0.15) is 0 Å². The van der Waals surface area contributed by atoms with Gasteiger partial charge in [0, 0.05) is 11.8 Å². The summed E-state index contributed by atoms with van der Waals surface area (Å²) >= 11 is 0. The number of carboxylic acids is 1. The van der Waals surface area contributed by atoms with Crippen LogP contribution in [-0.2, 0) is 9.59 Å². The van der Waals surface area contributed by atoms with Gasteiger partial charge in [-0.15, -0.1) is 0 Å². The fourth-order valence-corrected chi connectivity index (χ4v) is 1.56. The van der Waals surface area contributed by atoms with E-state index in [1.54, 1.807) is 0 Å². The molecule has 3 nitrogen and oxygen atoms in total. The van der Waals surface area contributed by atoms with Crippen LogP contribution in [-0.4, -0.2) is 16.9 Å². The monoisotopic (exact) mass is 212 g/mol. The lowest BCUT2D eigenvalue weighted by Gasteiger charge is -2.19. The molecule has 0 amide bonds. The lowest BCUT2D eigenvalue weighted by Crippen LogP contribution is -2.26. The van der Waals surface area contributed by atoms with Crippen LogP contribution in [0.15, 0.2) is 0 Å². The number of hydrogen-bond donors (Lipinski definition) is 1. The van der Waals surface area contributed by atoms with Gasteiger partial charge < -0.3 is 5.11 Å². The Hall–Kier alpha value is -0.860. The minimum Gasteiger partial charge on any atom is -0.481 e. The predicted octanol–water partition coefficient (Wildman–Crippen LogP) is 2.49. The number of carbonyl (C=O) groups excluding carboxylic acids is 1. The van der Waals surface area contributed by atoms with Gasteiger partial charge in [0.1, 0.15) is 5.78 Å². The molecule has 0 aromatic carbocycles. The second-order valence-corrected chi connectivity index (χ2v) is 5.59. The van der Waals surface area contributed by atoms with Gasteiger partial charge in [-0.25, -0.2) is 0 Å². The highest BCUT2D eigenvalue weighted by molar-refractivity contribution is 5.87. The third-order valence-corrected chi connectivity index (χ3v) is 2.93. The lowest BCUT2D eigenvalue weighted by atomic mass is 9.84. The molecule has 0 unspecified atom stereocenters. The van der Waals surface area contributed by atoms with E-state index in [1.165, 1.54) is 0 Å². The van der Waals surface area contributed by atoms with Crippen LogP contribution in [0.4, 0.5) is 0 Å². The maximum atomic E-state index is 11.7. The van der Waals surface area contributed by atoms with Crippen LogP contribution >= 0.6 is 0 Å². The number of aliphatic carboxylic acids is 1. The second-order valence-electron chi connectivity index (χ2n) is 5.59. The van der Waals surface area contributed by atoms with Crippen molar-refractivity contribution in [2.45, 2.75) is 46.5 Å². The summed E-state index contributed by atoms with van der Waals surface area (Å²) in [5.74, 6) is -0.682. The molecule has 1 aliphatic carbocycles. The summed E-state index contributed by atoms with van der Waals surface area (Å²) in [5.41, 5.74) is -0.419. The Morgan fingerprint density at radius 2 is 1.87 bits per heavy atom. The van der Waals surface area contributed by atoms with Gasteiger partial charge in [-0.05, 0) is 12.3 Å². The molecule has 0 bridgehead atoms. The fraction of sp³-hybridized carbons (Fsp3) is 0.833. The van der Waals surface area contributed by atoms with E-state index in [9.17, 15) is 9.59 Å². The first-order valence-electron chi connectivity index (χ1n) is 5.57. The van der Waals surface area contributed by atoms with Crippen molar-refractivity contribution >= 4 is 11.8 Å². The number of rotatable bonds is 5. The first-order chi connectivity index (χ1) is 6.80. The maximum absolute atomic E-state index is 11.7. The molecule has 1 fully saturated rings. The van der Waals surface area contributed by atoms with Crippen molar-refractivity contribution in [3.05, 3.63) is 0 Å². The molecular weight excluding hydrogens is 192 g/mol. The topological polar surface area (TPSA) is 54.4 Å². The van der Waals surface area contributed by atoms with E-state index in [2.05, 4.69) is 0 Å². The normalized spacial score (nSPS) is 18.6. The largest absolute Gasteiger partial charge is 0.481 e. The molecule has 86 valence electrons. The molecule has 15 heavy (non-hydrogen) atoms. The third kappa shape index (κ3) is 4.02. The zero-order valence-electron chi connectivity index (χ0n) is 9.75. The van der Waals surface area contributed by atoms with Gasteiger partial charge >= 0.3 is 5.97 Å². The van der Waals surface area contributed by atoms with E-state index in [1.807, 2.05) is 20.8 Å². The summed E-state index contributed by atoms with van der Waals surface area (Å²) in [4.78, 5) is 22.7. The summed E-state index contributed by atoms with van der Waals surface area (Å²) in [7, 11) is 0. The molecule has 1 saturated carbocycles. The van der Waals surface area contributed by atoms with Crippen molar-refractivity contribution in [2.75, 3.05) is 0 Å². The molecule has 0 aromatic heterocycles. The summed E-state index contributed by atoms with van der Waals surface area (Å²) in [5, 5.41) is 9.01. The molecule has 0 aromatic rings. The van der Waals surface area contributed by atoms with Crippen LogP contribution in [0, 0.1) is 17.3 Å². The number of carboxylic acid groups (broad SMARTS) is 1. The second kappa shape index (κ2) is 4.33. The highest BCUT2D eigenvalue weighted by atomic mass is 16.4. The van der Waals surface area contributed by atoms with Crippen molar-refractivity contribution < 1.29 is 14.7 Å². The highest BCUT2D eigenvalue weighted by Crippen LogP contribution is 2.37. The highest BCUT2D eigenvalue weighted by Gasteiger charge is 2.33. The van der Waals surface area contributed by atoms with Gasteiger partial charge in [0.25, 0.3) is 0 Å². The van der Waals surface area contributed by atoms with Gasteiger partial charge in [-0.1, -0.05) is 33.6 Å². The lowest BCUT2D eigenvalue weighted by molar-refractivity contribution is -0.145. The fourth-order valence-electron chi connectivity index (χ4n) is 1.56. The summed E-state index contributed by atoms with van der Waals surface area (Å²) in [6, 6.07) is 0. The molecular formula is C12H20O3. The van der Waals surface area contributed by atoms with E-state index < -0.39 is 17.3 Å². The van der Waals surface area contributed by atoms with Crippen molar-refractivity contribution in [3.63, 3.8) is 0 Å². The Bertz CT molecular complexity index is 259. The van der Waals surface area contributed by atoms with E-state index in [0.717, 1.165) is 12.8 Å². The number of carbonyl (C=O) groups is 2. The molecule has 0 spiro atoms. The molecule has 1 rings (SSSR count). The van der Waals surface area contributed by atoms with Gasteiger partial charge in [0.05, 0.1) is 5.92 Å². The van der Waals surface area contributed by atoms with Crippen molar-refractivity contribution in [1.82, 2.24) is 0 Å². The number of Topliss-reactive ketones (excluding diaryl/α,β-unsaturated/α-hetero) is 1. The molecule has 3 heteroatoms. The minimum absolute atomic E-state index is 0.0514. The van der Waals surface area contributed by atoms with Crippen LogP contribution in [0.3, 0.4) is 0 Å². The van der Waals surface area contributed by atoms with Gasteiger partial charge in [0.15, 0.2) is 0 Å².